The Kier molecular flexibility index (Phi) is 4.98. The normalized spacial score (nSPS) is 9.86. The quantitative estimate of drug-likeness (QED) is 0.856. The van der Waals surface area contributed by atoms with Crippen LogP contribution in [0.15, 0.2) is 48.5 Å². The first-order chi connectivity index (χ1) is 10.6. The van der Waals surface area contributed by atoms with Crippen molar-refractivity contribution < 1.29 is 24.2 Å². The summed E-state index contributed by atoms with van der Waals surface area (Å²) in [5.74, 6) is -0.194. The van der Waals surface area contributed by atoms with Crippen LogP contribution in [0, 0.1) is 0 Å². The second kappa shape index (κ2) is 7.12. The maximum Gasteiger partial charge on any atom is 0.341 e. The summed E-state index contributed by atoms with van der Waals surface area (Å²) < 4.78 is 10.0. The lowest BCUT2D eigenvalue weighted by molar-refractivity contribution is -0.139. The lowest BCUT2D eigenvalue weighted by Gasteiger charge is -2.07. The number of anilines is 1. The number of carbonyl (C=O) groups is 2. The third-order valence-electron chi connectivity index (χ3n) is 2.83. The van der Waals surface area contributed by atoms with E-state index in [4.69, 9.17) is 14.6 Å². The Hall–Kier alpha value is -3.02. The highest BCUT2D eigenvalue weighted by molar-refractivity contribution is 6.04. The molecule has 2 aromatic carbocycles. The molecule has 0 aromatic heterocycles. The summed E-state index contributed by atoms with van der Waals surface area (Å²) in [7, 11) is 1.56. The van der Waals surface area contributed by atoms with Gasteiger partial charge in [-0.3, -0.25) is 4.79 Å². The summed E-state index contributed by atoms with van der Waals surface area (Å²) in [6, 6.07) is 13.2. The summed E-state index contributed by atoms with van der Waals surface area (Å²) in [4.78, 5) is 22.4. The molecule has 0 aliphatic rings. The van der Waals surface area contributed by atoms with Crippen molar-refractivity contribution in [2.75, 3.05) is 19.0 Å². The van der Waals surface area contributed by atoms with Crippen molar-refractivity contribution in [3.05, 3.63) is 54.1 Å². The predicted molar refractivity (Wildman–Crippen MR) is 80.5 cm³/mol. The Balaban J connectivity index is 1.97. The van der Waals surface area contributed by atoms with Crippen molar-refractivity contribution in [1.82, 2.24) is 0 Å². The molecule has 0 unspecified atom stereocenters. The van der Waals surface area contributed by atoms with Crippen molar-refractivity contribution >= 4 is 17.6 Å². The number of hydrogen-bond donors (Lipinski definition) is 2. The Morgan fingerprint density at radius 2 is 1.59 bits per heavy atom. The average molecular weight is 301 g/mol. The average Bonchev–Trinajstić information content (AvgIpc) is 2.54. The van der Waals surface area contributed by atoms with Crippen molar-refractivity contribution in [1.29, 1.82) is 0 Å². The van der Waals surface area contributed by atoms with Gasteiger partial charge in [-0.05, 0) is 48.5 Å². The molecule has 0 spiro atoms. The number of carboxylic acid groups (broad SMARTS) is 1. The van der Waals surface area contributed by atoms with Crippen LogP contribution in [0.5, 0.6) is 11.5 Å². The van der Waals surface area contributed by atoms with Gasteiger partial charge in [0.15, 0.2) is 6.61 Å². The van der Waals surface area contributed by atoms with E-state index in [-0.39, 0.29) is 5.91 Å². The minimum Gasteiger partial charge on any atom is -0.497 e. The van der Waals surface area contributed by atoms with Crippen LogP contribution in [0.1, 0.15) is 10.4 Å². The number of ether oxygens (including phenoxy) is 2. The molecule has 0 radical (unpaired) electrons. The summed E-state index contributed by atoms with van der Waals surface area (Å²) in [6.07, 6.45) is 0. The zero-order chi connectivity index (χ0) is 15.9. The first-order valence-electron chi connectivity index (χ1n) is 6.48. The fraction of sp³-hybridized carbons (Fsp3) is 0.125. The van der Waals surface area contributed by atoms with Gasteiger partial charge in [0.25, 0.3) is 5.91 Å². The van der Waals surface area contributed by atoms with Crippen molar-refractivity contribution in [3.63, 3.8) is 0 Å². The lowest BCUT2D eigenvalue weighted by Crippen LogP contribution is -2.12. The van der Waals surface area contributed by atoms with Gasteiger partial charge in [-0.2, -0.15) is 0 Å². The molecule has 0 aliphatic carbocycles. The van der Waals surface area contributed by atoms with Gasteiger partial charge in [-0.15, -0.1) is 0 Å². The van der Waals surface area contributed by atoms with E-state index in [9.17, 15) is 9.59 Å². The van der Waals surface area contributed by atoms with Crippen LogP contribution in [0.2, 0.25) is 0 Å². The van der Waals surface area contributed by atoms with Crippen LogP contribution in [-0.4, -0.2) is 30.7 Å². The van der Waals surface area contributed by atoms with Gasteiger partial charge >= 0.3 is 5.97 Å². The fourth-order valence-corrected chi connectivity index (χ4v) is 1.73. The molecule has 0 heterocycles. The predicted octanol–water partition coefficient (Wildman–Crippen LogP) is 2.41. The molecular formula is C16H15NO5. The van der Waals surface area contributed by atoms with Gasteiger partial charge in [-0.1, -0.05) is 0 Å². The molecule has 22 heavy (non-hydrogen) atoms. The van der Waals surface area contributed by atoms with E-state index >= 15 is 0 Å². The SMILES string of the molecule is COc1ccc(C(=O)Nc2ccc(OCC(=O)O)cc2)cc1. The summed E-state index contributed by atoms with van der Waals surface area (Å²) >= 11 is 0. The van der Waals surface area contributed by atoms with E-state index in [2.05, 4.69) is 5.32 Å². The second-order valence-corrected chi connectivity index (χ2v) is 4.39. The van der Waals surface area contributed by atoms with Gasteiger partial charge in [-0.25, -0.2) is 4.79 Å². The smallest absolute Gasteiger partial charge is 0.341 e. The number of carboxylic acids is 1. The summed E-state index contributed by atoms with van der Waals surface area (Å²) in [6.45, 7) is -0.405. The zero-order valence-corrected chi connectivity index (χ0v) is 11.9. The third-order valence-corrected chi connectivity index (χ3v) is 2.83. The van der Waals surface area contributed by atoms with E-state index in [0.29, 0.717) is 22.7 Å². The molecule has 0 fully saturated rings. The highest BCUT2D eigenvalue weighted by Gasteiger charge is 2.06. The van der Waals surface area contributed by atoms with Crippen LogP contribution >= 0.6 is 0 Å². The first kappa shape index (κ1) is 15.4. The summed E-state index contributed by atoms with van der Waals surface area (Å²) in [5, 5.41) is 11.3. The fourth-order valence-electron chi connectivity index (χ4n) is 1.73. The van der Waals surface area contributed by atoms with Crippen LogP contribution in [0.3, 0.4) is 0 Å². The minimum atomic E-state index is -1.04. The largest absolute Gasteiger partial charge is 0.497 e. The van der Waals surface area contributed by atoms with E-state index in [1.165, 1.54) is 0 Å². The van der Waals surface area contributed by atoms with Gasteiger partial charge in [0.05, 0.1) is 7.11 Å². The van der Waals surface area contributed by atoms with Gasteiger partial charge in [0.2, 0.25) is 0 Å². The molecule has 2 rings (SSSR count). The maximum atomic E-state index is 12.1. The summed E-state index contributed by atoms with van der Waals surface area (Å²) in [5.41, 5.74) is 1.09. The number of amides is 1. The highest BCUT2D eigenvalue weighted by Crippen LogP contribution is 2.17. The number of nitrogens with one attached hydrogen (secondary N) is 1. The number of hydrogen-bond acceptors (Lipinski definition) is 4. The number of benzene rings is 2. The van der Waals surface area contributed by atoms with Crippen LogP contribution in [-0.2, 0) is 4.79 Å². The zero-order valence-electron chi connectivity index (χ0n) is 11.9. The van der Waals surface area contributed by atoms with Crippen molar-refractivity contribution in [3.8, 4) is 11.5 Å². The van der Waals surface area contributed by atoms with Crippen LogP contribution < -0.4 is 14.8 Å². The van der Waals surface area contributed by atoms with Crippen molar-refractivity contribution in [2.45, 2.75) is 0 Å². The lowest BCUT2D eigenvalue weighted by atomic mass is 10.2. The van der Waals surface area contributed by atoms with E-state index in [1.807, 2.05) is 0 Å². The molecule has 0 aliphatic heterocycles. The molecule has 0 saturated carbocycles. The Labute approximate surface area is 127 Å². The monoisotopic (exact) mass is 301 g/mol. The van der Waals surface area contributed by atoms with E-state index in [1.54, 1.807) is 55.6 Å². The van der Waals surface area contributed by atoms with Gasteiger partial charge in [0, 0.05) is 11.3 Å². The number of carbonyl (C=O) groups excluding carboxylic acids is 1. The molecular weight excluding hydrogens is 286 g/mol. The molecule has 6 nitrogen and oxygen atoms in total. The van der Waals surface area contributed by atoms with Gasteiger partial charge < -0.3 is 19.9 Å². The standard InChI is InChI=1S/C16H15NO5/c1-21-13-6-2-11(3-7-13)16(20)17-12-4-8-14(9-5-12)22-10-15(18)19/h2-9H,10H2,1H3,(H,17,20)(H,18,19). The molecule has 0 atom stereocenters. The van der Waals surface area contributed by atoms with Crippen molar-refractivity contribution in [2.24, 2.45) is 0 Å². The van der Waals surface area contributed by atoms with E-state index in [0.717, 1.165) is 0 Å². The number of rotatable bonds is 6. The highest BCUT2D eigenvalue weighted by atomic mass is 16.5. The molecule has 0 bridgehead atoms. The Bertz CT molecular complexity index is 649. The topological polar surface area (TPSA) is 84.9 Å². The Morgan fingerprint density at radius 1 is 1.00 bits per heavy atom. The molecule has 2 N–H and O–H groups in total. The number of methoxy groups -OCH3 is 1. The second-order valence-electron chi connectivity index (χ2n) is 4.39. The van der Waals surface area contributed by atoms with Gasteiger partial charge in [0.1, 0.15) is 11.5 Å². The number of aliphatic carboxylic acids is 1. The molecule has 1 amide bonds. The van der Waals surface area contributed by atoms with Crippen LogP contribution in [0.4, 0.5) is 5.69 Å². The molecule has 114 valence electrons. The minimum absolute atomic E-state index is 0.248. The third kappa shape index (κ3) is 4.24. The Morgan fingerprint density at radius 3 is 2.14 bits per heavy atom. The molecule has 2 aromatic rings. The maximum absolute atomic E-state index is 12.1. The first-order valence-corrected chi connectivity index (χ1v) is 6.48. The molecule has 0 saturated heterocycles. The molecule has 6 heteroatoms. The van der Waals surface area contributed by atoms with Crippen LogP contribution in [0.25, 0.3) is 0 Å². The van der Waals surface area contributed by atoms with E-state index < -0.39 is 12.6 Å².